The molecule has 4 nitrogen and oxygen atoms in total. The first-order valence-corrected chi connectivity index (χ1v) is 20.4. The Bertz CT molecular complexity index is 617. The van der Waals surface area contributed by atoms with Crippen molar-refractivity contribution in [2.24, 2.45) is 11.5 Å². The van der Waals surface area contributed by atoms with Crippen LogP contribution in [0.25, 0.3) is 0 Å². The van der Waals surface area contributed by atoms with Crippen LogP contribution in [0.1, 0.15) is 226 Å². The van der Waals surface area contributed by atoms with Crippen molar-refractivity contribution in [1.82, 2.24) is 0 Å². The van der Waals surface area contributed by atoms with Crippen LogP contribution >= 0.6 is 0 Å². The smallest absolute Gasteiger partial charge is 0.241 e. The van der Waals surface area contributed by atoms with Crippen LogP contribution in [0.2, 0.25) is 0 Å². The second-order valence-electron chi connectivity index (χ2n) is 13.5. The van der Waals surface area contributed by atoms with E-state index >= 15 is 0 Å². The summed E-state index contributed by atoms with van der Waals surface area (Å²) in [4.78, 5) is 21.0. The van der Waals surface area contributed by atoms with Crippen molar-refractivity contribution < 1.29 is 9.59 Å². The number of carbonyl (C=O) groups is 2. The molecule has 0 unspecified atom stereocenters. The quantitative estimate of drug-likeness (QED) is 0.0409. The van der Waals surface area contributed by atoms with Crippen molar-refractivity contribution in [3.8, 4) is 0 Å². The van der Waals surface area contributed by atoms with Crippen molar-refractivity contribution in [3.63, 3.8) is 0 Å². The number of allylic oxidation sites excluding steroid dienone is 3. The molecule has 0 fully saturated rings. The maximum atomic E-state index is 10.5. The average Bonchev–Trinajstić information content (AvgIpc) is 3.04. The molecule has 0 saturated heterocycles. The van der Waals surface area contributed by atoms with Crippen LogP contribution in [0.5, 0.6) is 0 Å². The molecule has 47 heavy (non-hydrogen) atoms. The second kappa shape index (κ2) is 48.6. The van der Waals surface area contributed by atoms with Gasteiger partial charge in [0.2, 0.25) is 11.8 Å². The van der Waals surface area contributed by atoms with Gasteiger partial charge in [0.25, 0.3) is 0 Å². The molecular weight excluding hydrogens is 576 g/mol. The number of unbranched alkanes of at least 4 members (excludes halogenated alkanes) is 30. The summed E-state index contributed by atoms with van der Waals surface area (Å²) in [5, 5.41) is 0. The fourth-order valence-corrected chi connectivity index (χ4v) is 5.67. The van der Waals surface area contributed by atoms with Crippen LogP contribution in [0.3, 0.4) is 0 Å². The van der Waals surface area contributed by atoms with Gasteiger partial charge < -0.3 is 11.5 Å². The van der Waals surface area contributed by atoms with Gasteiger partial charge in [-0.2, -0.15) is 0 Å². The third kappa shape index (κ3) is 60.0. The van der Waals surface area contributed by atoms with E-state index in [0.717, 1.165) is 12.8 Å². The normalized spacial score (nSPS) is 10.9. The highest BCUT2D eigenvalue weighted by Gasteiger charge is 1.96. The predicted octanol–water partition coefficient (Wildman–Crippen LogP) is 13.8. The molecule has 0 aromatic rings. The Morgan fingerprint density at radius 1 is 0.404 bits per heavy atom. The summed E-state index contributed by atoms with van der Waals surface area (Å²) in [7, 11) is 0. The minimum atomic E-state index is -0.332. The fraction of sp³-hybridized carbons (Fsp3) is 0.814. The molecule has 0 rings (SSSR count). The maximum Gasteiger partial charge on any atom is 0.241 e. The lowest BCUT2D eigenvalue weighted by Crippen LogP contribution is -2.05. The van der Waals surface area contributed by atoms with Gasteiger partial charge in [-0.05, 0) is 44.8 Å². The molecule has 0 aliphatic heterocycles. The van der Waals surface area contributed by atoms with Gasteiger partial charge >= 0.3 is 0 Å². The van der Waals surface area contributed by atoms with Gasteiger partial charge in [-0.25, -0.2) is 0 Å². The minimum Gasteiger partial charge on any atom is -0.366 e. The molecule has 0 radical (unpaired) electrons. The second-order valence-corrected chi connectivity index (χ2v) is 13.5. The Kier molecular flexibility index (Phi) is 51.2. The maximum absolute atomic E-state index is 10.5. The molecule has 0 aromatic carbocycles. The lowest BCUT2D eigenvalue weighted by Gasteiger charge is -2.03. The van der Waals surface area contributed by atoms with E-state index in [-0.39, 0.29) is 11.8 Å². The van der Waals surface area contributed by atoms with Crippen LogP contribution in [0.4, 0.5) is 0 Å². The van der Waals surface area contributed by atoms with Gasteiger partial charge in [-0.3, -0.25) is 9.59 Å². The SMILES string of the molecule is C=CC.CCCCCCCCCCCCCCCCCC=CC(N)=O.CCCCCCCCCCCCCCCCCC=CC(N)=O. The van der Waals surface area contributed by atoms with E-state index in [4.69, 9.17) is 11.5 Å². The first-order valence-electron chi connectivity index (χ1n) is 20.4. The van der Waals surface area contributed by atoms with Crippen LogP contribution in [-0.2, 0) is 9.59 Å². The lowest BCUT2D eigenvalue weighted by molar-refractivity contribution is -0.114. The van der Waals surface area contributed by atoms with E-state index in [9.17, 15) is 9.59 Å². The van der Waals surface area contributed by atoms with Crippen LogP contribution < -0.4 is 11.5 Å². The van der Waals surface area contributed by atoms with Crippen LogP contribution in [-0.4, -0.2) is 11.8 Å². The average molecular weight is 661 g/mol. The molecule has 278 valence electrons. The van der Waals surface area contributed by atoms with Gasteiger partial charge in [-0.15, -0.1) is 6.58 Å². The van der Waals surface area contributed by atoms with Gasteiger partial charge in [0.15, 0.2) is 0 Å². The molecule has 0 aliphatic carbocycles. The molecule has 0 spiro atoms. The van der Waals surface area contributed by atoms with E-state index in [1.165, 1.54) is 205 Å². The summed E-state index contributed by atoms with van der Waals surface area (Å²) in [6, 6.07) is 0. The first kappa shape index (κ1) is 49.5. The van der Waals surface area contributed by atoms with E-state index in [1.54, 1.807) is 6.08 Å². The summed E-state index contributed by atoms with van der Waals surface area (Å²) in [6.07, 6.45) is 52.1. The van der Waals surface area contributed by atoms with E-state index in [2.05, 4.69) is 20.4 Å². The van der Waals surface area contributed by atoms with Crippen molar-refractivity contribution in [2.75, 3.05) is 0 Å². The number of rotatable bonds is 34. The number of carbonyl (C=O) groups excluding carboxylic acids is 2. The Labute approximate surface area is 295 Å². The standard InChI is InChI=1S/2C20H39NO.C3H6/c2*1-2-3-4-5-6-7-8-9-10-11-12-13-14-15-16-17-18-19-20(21)22;1-3-2/h2*18-19H,2-17H2,1H3,(H2,21,22);3H,1H2,2H3. The lowest BCUT2D eigenvalue weighted by atomic mass is 10.0. The topological polar surface area (TPSA) is 86.2 Å². The molecule has 4 heteroatoms. The highest BCUT2D eigenvalue weighted by Crippen LogP contribution is 2.15. The monoisotopic (exact) mass is 661 g/mol. The molecule has 0 aliphatic rings. The van der Waals surface area contributed by atoms with Crippen molar-refractivity contribution in [3.05, 3.63) is 37.0 Å². The van der Waals surface area contributed by atoms with E-state index in [1.807, 2.05) is 19.1 Å². The Morgan fingerprint density at radius 3 is 0.745 bits per heavy atom. The minimum absolute atomic E-state index is 0.332. The Hall–Kier alpha value is -1.84. The third-order valence-corrected chi connectivity index (χ3v) is 8.51. The molecule has 0 atom stereocenters. The molecule has 0 heterocycles. The zero-order valence-corrected chi connectivity index (χ0v) is 32.2. The number of hydrogen-bond acceptors (Lipinski definition) is 2. The van der Waals surface area contributed by atoms with Crippen LogP contribution in [0, 0.1) is 0 Å². The predicted molar refractivity (Wildman–Crippen MR) is 212 cm³/mol. The Morgan fingerprint density at radius 2 is 0.574 bits per heavy atom. The highest BCUT2D eigenvalue weighted by molar-refractivity contribution is 5.85. The molecule has 4 N–H and O–H groups in total. The van der Waals surface area contributed by atoms with Crippen LogP contribution in [0.15, 0.2) is 37.0 Å². The van der Waals surface area contributed by atoms with Gasteiger partial charge in [0, 0.05) is 0 Å². The number of primary amides is 2. The van der Waals surface area contributed by atoms with Crippen molar-refractivity contribution in [2.45, 2.75) is 226 Å². The Balaban J connectivity index is -0.000000759. The fourth-order valence-electron chi connectivity index (χ4n) is 5.67. The number of hydrogen-bond donors (Lipinski definition) is 2. The summed E-state index contributed by atoms with van der Waals surface area (Å²) < 4.78 is 0. The van der Waals surface area contributed by atoms with Crippen molar-refractivity contribution >= 4 is 11.8 Å². The summed E-state index contributed by atoms with van der Waals surface area (Å²) in [5.74, 6) is -0.665. The first-order chi connectivity index (χ1) is 23.0. The van der Waals surface area contributed by atoms with Crippen molar-refractivity contribution in [1.29, 1.82) is 0 Å². The zero-order valence-electron chi connectivity index (χ0n) is 32.2. The van der Waals surface area contributed by atoms with E-state index in [0.29, 0.717) is 0 Å². The summed E-state index contributed by atoms with van der Waals surface area (Å²) >= 11 is 0. The number of amides is 2. The molecule has 2 amide bonds. The van der Waals surface area contributed by atoms with Gasteiger partial charge in [0.05, 0.1) is 0 Å². The molecule has 0 bridgehead atoms. The zero-order chi connectivity index (χ0) is 35.3. The summed E-state index contributed by atoms with van der Waals surface area (Å²) in [5.41, 5.74) is 10.1. The molecular formula is C43H84N2O2. The third-order valence-electron chi connectivity index (χ3n) is 8.51. The largest absolute Gasteiger partial charge is 0.366 e. The van der Waals surface area contributed by atoms with Gasteiger partial charge in [0.1, 0.15) is 0 Å². The molecule has 0 saturated carbocycles. The van der Waals surface area contributed by atoms with Gasteiger partial charge in [-0.1, -0.05) is 212 Å². The molecule has 0 aromatic heterocycles. The van der Waals surface area contributed by atoms with E-state index < -0.39 is 0 Å². The highest BCUT2D eigenvalue weighted by atomic mass is 16.1. The summed E-state index contributed by atoms with van der Waals surface area (Å²) in [6.45, 7) is 9.81. The number of nitrogens with two attached hydrogens (primary N) is 2.